The number of nitrogens with one attached hydrogen (secondary N) is 1. The van der Waals surface area contributed by atoms with Crippen molar-refractivity contribution in [3.8, 4) is 0 Å². The average Bonchev–Trinajstić information content (AvgIpc) is 2.87. The molecule has 0 aliphatic carbocycles. The van der Waals surface area contributed by atoms with E-state index in [0.717, 1.165) is 12.0 Å². The lowest BCUT2D eigenvalue weighted by Gasteiger charge is -2.19. The van der Waals surface area contributed by atoms with Crippen LogP contribution in [-0.2, 0) is 21.2 Å². The second-order valence-corrected chi connectivity index (χ2v) is 7.19. The van der Waals surface area contributed by atoms with Gasteiger partial charge in [-0.25, -0.2) is 8.42 Å². The summed E-state index contributed by atoms with van der Waals surface area (Å²) in [5.74, 6) is -0.0631. The lowest BCUT2D eigenvalue weighted by molar-refractivity contribution is -0.116. The first-order valence-corrected chi connectivity index (χ1v) is 8.34. The van der Waals surface area contributed by atoms with Gasteiger partial charge in [0.25, 0.3) is 0 Å². The van der Waals surface area contributed by atoms with Crippen molar-refractivity contribution in [3.63, 3.8) is 0 Å². The van der Waals surface area contributed by atoms with E-state index in [1.807, 2.05) is 0 Å². The highest BCUT2D eigenvalue weighted by atomic mass is 35.5. The number of rotatable bonds is 5. The van der Waals surface area contributed by atoms with E-state index in [9.17, 15) is 13.2 Å². The predicted octanol–water partition coefficient (Wildman–Crippen LogP) is 0.857. The van der Waals surface area contributed by atoms with Gasteiger partial charge in [-0.05, 0) is 31.2 Å². The maximum Gasteiger partial charge on any atom is 0.242 e. The molecule has 0 unspecified atom stereocenters. The molecule has 0 saturated carbocycles. The molecular weight excluding hydrogens is 326 g/mol. The van der Waals surface area contributed by atoms with Gasteiger partial charge in [-0.1, -0.05) is 6.07 Å². The second-order valence-electron chi connectivity index (χ2n) is 5.14. The van der Waals surface area contributed by atoms with Crippen molar-refractivity contribution in [3.05, 3.63) is 23.8 Å². The zero-order valence-electron chi connectivity index (χ0n) is 13.0. The van der Waals surface area contributed by atoms with E-state index in [-0.39, 0.29) is 23.2 Å². The summed E-state index contributed by atoms with van der Waals surface area (Å²) in [5.41, 5.74) is 1.73. The summed E-state index contributed by atoms with van der Waals surface area (Å²) in [6.45, 7) is 3.09. The van der Waals surface area contributed by atoms with E-state index >= 15 is 0 Å². The summed E-state index contributed by atoms with van der Waals surface area (Å²) in [7, 11) is -0.190. The summed E-state index contributed by atoms with van der Waals surface area (Å²) < 4.78 is 26.3. The third-order valence-corrected chi connectivity index (χ3v) is 5.57. The highest BCUT2D eigenvalue weighted by Gasteiger charge is 2.26. The molecule has 6 nitrogen and oxygen atoms in total. The van der Waals surface area contributed by atoms with Gasteiger partial charge < -0.3 is 10.2 Å². The molecule has 8 heteroatoms. The molecule has 0 bridgehead atoms. The molecule has 1 amide bonds. The Morgan fingerprint density at radius 2 is 2.09 bits per heavy atom. The third kappa shape index (κ3) is 3.60. The number of nitrogens with zero attached hydrogens (tertiary/aromatic N) is 2. The van der Waals surface area contributed by atoms with E-state index < -0.39 is 10.0 Å². The zero-order valence-corrected chi connectivity index (χ0v) is 14.6. The number of carbonyl (C=O) groups excluding carboxylic acids is 1. The normalized spacial score (nSPS) is 13.9. The van der Waals surface area contributed by atoms with Gasteiger partial charge in [0.15, 0.2) is 0 Å². The first-order valence-electron chi connectivity index (χ1n) is 6.90. The van der Waals surface area contributed by atoms with E-state index in [0.29, 0.717) is 25.3 Å². The SMILES string of the molecule is CNCCN(C)S(=O)(=O)c1ccc2c(c1)N(C(C)=O)CC2.Cl. The summed E-state index contributed by atoms with van der Waals surface area (Å²) in [6, 6.07) is 5.03. The molecule has 0 aromatic heterocycles. The molecular formula is C14H22ClN3O3S. The van der Waals surface area contributed by atoms with Crippen LogP contribution in [-0.4, -0.2) is 52.4 Å². The Hall–Kier alpha value is -1.15. The van der Waals surface area contributed by atoms with Gasteiger partial charge in [-0.2, -0.15) is 4.31 Å². The Morgan fingerprint density at radius 1 is 1.41 bits per heavy atom. The van der Waals surface area contributed by atoms with Gasteiger partial charge in [0, 0.05) is 39.3 Å². The van der Waals surface area contributed by atoms with Crippen LogP contribution >= 0.6 is 12.4 Å². The maximum atomic E-state index is 12.5. The Kier molecular flexibility index (Phi) is 6.37. The molecule has 1 aromatic rings. The molecule has 1 aliphatic heterocycles. The second kappa shape index (κ2) is 7.41. The first kappa shape index (κ1) is 18.9. The molecule has 1 aromatic carbocycles. The Labute approximate surface area is 137 Å². The minimum absolute atomic E-state index is 0. The summed E-state index contributed by atoms with van der Waals surface area (Å²) >= 11 is 0. The lowest BCUT2D eigenvalue weighted by Crippen LogP contribution is -2.33. The summed E-state index contributed by atoms with van der Waals surface area (Å²) in [5, 5.41) is 2.93. The van der Waals surface area contributed by atoms with Crippen LogP contribution in [0.3, 0.4) is 0 Å². The number of fused-ring (bicyclic) bond motifs is 1. The Bertz CT molecular complexity index is 649. The van der Waals surface area contributed by atoms with Gasteiger partial charge in [-0.3, -0.25) is 4.79 Å². The molecule has 0 atom stereocenters. The smallest absolute Gasteiger partial charge is 0.242 e. The van der Waals surface area contributed by atoms with Crippen LogP contribution < -0.4 is 10.2 Å². The van der Waals surface area contributed by atoms with E-state index in [1.165, 1.54) is 11.2 Å². The molecule has 2 rings (SSSR count). The number of hydrogen-bond acceptors (Lipinski definition) is 4. The topological polar surface area (TPSA) is 69.7 Å². The van der Waals surface area contributed by atoms with E-state index in [1.54, 1.807) is 37.2 Å². The van der Waals surface area contributed by atoms with Crippen LogP contribution in [0.15, 0.2) is 23.1 Å². The number of amides is 1. The molecule has 0 spiro atoms. The molecule has 124 valence electrons. The minimum Gasteiger partial charge on any atom is -0.318 e. The summed E-state index contributed by atoms with van der Waals surface area (Å²) in [4.78, 5) is 13.5. The molecule has 0 fully saturated rings. The quantitative estimate of drug-likeness (QED) is 0.857. The Balaban J connectivity index is 0.00000242. The fourth-order valence-electron chi connectivity index (χ4n) is 2.42. The zero-order chi connectivity index (χ0) is 15.6. The monoisotopic (exact) mass is 347 g/mol. The molecule has 1 aliphatic rings. The number of sulfonamides is 1. The largest absolute Gasteiger partial charge is 0.318 e. The van der Waals surface area contributed by atoms with E-state index in [4.69, 9.17) is 0 Å². The van der Waals surface area contributed by atoms with Crippen molar-refractivity contribution in [1.82, 2.24) is 9.62 Å². The van der Waals surface area contributed by atoms with Crippen molar-refractivity contribution in [2.45, 2.75) is 18.2 Å². The number of hydrogen-bond donors (Lipinski definition) is 1. The maximum absolute atomic E-state index is 12.5. The number of halogens is 1. The molecule has 1 N–H and O–H groups in total. The predicted molar refractivity (Wildman–Crippen MR) is 89.2 cm³/mol. The van der Waals surface area contributed by atoms with Gasteiger partial charge in [0.1, 0.15) is 0 Å². The van der Waals surface area contributed by atoms with Crippen molar-refractivity contribution >= 4 is 34.0 Å². The van der Waals surface area contributed by atoms with Crippen LogP contribution in [0.2, 0.25) is 0 Å². The molecule has 22 heavy (non-hydrogen) atoms. The van der Waals surface area contributed by atoms with Crippen LogP contribution in [0.5, 0.6) is 0 Å². The minimum atomic E-state index is -3.53. The van der Waals surface area contributed by atoms with Gasteiger partial charge in [-0.15, -0.1) is 12.4 Å². The fourth-order valence-corrected chi connectivity index (χ4v) is 3.61. The molecule has 0 radical (unpaired) electrons. The highest BCUT2D eigenvalue weighted by molar-refractivity contribution is 7.89. The number of likely N-dealkylation sites (N-methyl/N-ethyl adjacent to an activating group) is 2. The standard InChI is InChI=1S/C14H21N3O3S.ClH/c1-11(18)17-8-6-12-4-5-13(10-14(12)17)21(19,20)16(3)9-7-15-2;/h4-5,10,15H,6-9H2,1-3H3;1H. The fraction of sp³-hybridized carbons (Fsp3) is 0.500. The van der Waals surface area contributed by atoms with Crippen LogP contribution in [0, 0.1) is 0 Å². The molecule has 0 saturated heterocycles. The number of carbonyl (C=O) groups is 1. The highest BCUT2D eigenvalue weighted by Crippen LogP contribution is 2.31. The third-order valence-electron chi connectivity index (χ3n) is 3.72. The van der Waals surface area contributed by atoms with Crippen molar-refractivity contribution < 1.29 is 13.2 Å². The van der Waals surface area contributed by atoms with Gasteiger partial charge in [0.2, 0.25) is 15.9 Å². The number of benzene rings is 1. The molecule has 1 heterocycles. The van der Waals surface area contributed by atoms with Crippen LogP contribution in [0.4, 0.5) is 5.69 Å². The summed E-state index contributed by atoms with van der Waals surface area (Å²) in [6.07, 6.45) is 0.769. The van der Waals surface area contributed by atoms with Crippen LogP contribution in [0.1, 0.15) is 12.5 Å². The van der Waals surface area contributed by atoms with Crippen molar-refractivity contribution in [1.29, 1.82) is 0 Å². The van der Waals surface area contributed by atoms with Gasteiger partial charge in [0.05, 0.1) is 4.90 Å². The first-order chi connectivity index (χ1) is 9.87. The lowest BCUT2D eigenvalue weighted by atomic mass is 10.2. The van der Waals surface area contributed by atoms with Crippen molar-refractivity contribution in [2.24, 2.45) is 0 Å². The average molecular weight is 348 g/mol. The van der Waals surface area contributed by atoms with Gasteiger partial charge >= 0.3 is 0 Å². The van der Waals surface area contributed by atoms with Crippen molar-refractivity contribution in [2.75, 3.05) is 38.6 Å². The Morgan fingerprint density at radius 3 is 2.68 bits per heavy atom. The van der Waals surface area contributed by atoms with Crippen LogP contribution in [0.25, 0.3) is 0 Å². The van der Waals surface area contributed by atoms with E-state index in [2.05, 4.69) is 5.32 Å². The number of anilines is 1.